The lowest BCUT2D eigenvalue weighted by Gasteiger charge is -2.21. The third-order valence-corrected chi connectivity index (χ3v) is 2.38. The van der Waals surface area contributed by atoms with Crippen molar-refractivity contribution in [2.24, 2.45) is 11.8 Å². The van der Waals surface area contributed by atoms with Gasteiger partial charge in [0.2, 0.25) is 0 Å². The molecule has 0 bridgehead atoms. The lowest BCUT2D eigenvalue weighted by Crippen LogP contribution is -2.40. The lowest BCUT2D eigenvalue weighted by molar-refractivity contribution is -0.174. The van der Waals surface area contributed by atoms with E-state index in [9.17, 15) is 13.2 Å². The van der Waals surface area contributed by atoms with Crippen LogP contribution in [0.25, 0.3) is 0 Å². The molecule has 6 heteroatoms. The summed E-state index contributed by atoms with van der Waals surface area (Å²) in [6, 6.07) is 0.00299. The Morgan fingerprint density at radius 3 is 2.40 bits per heavy atom. The van der Waals surface area contributed by atoms with E-state index in [2.05, 4.69) is 10.2 Å². The summed E-state index contributed by atoms with van der Waals surface area (Å²) in [5, 5.41) is 0. The first-order chi connectivity index (χ1) is 6.90. The summed E-state index contributed by atoms with van der Waals surface area (Å²) < 4.78 is 39.7. The topological polar surface area (TPSA) is 47.3 Å². The summed E-state index contributed by atoms with van der Waals surface area (Å²) in [7, 11) is 0. The van der Waals surface area contributed by atoms with Gasteiger partial charge in [0.1, 0.15) is 6.61 Å². The van der Waals surface area contributed by atoms with Crippen LogP contribution in [0.5, 0.6) is 0 Å². The van der Waals surface area contributed by atoms with Gasteiger partial charge in [-0.2, -0.15) is 13.2 Å². The molecule has 0 aromatic carbocycles. The minimum Gasteiger partial charge on any atom is -0.372 e. The maximum absolute atomic E-state index is 11.7. The zero-order chi connectivity index (χ0) is 11.9. The van der Waals surface area contributed by atoms with E-state index >= 15 is 0 Å². The maximum atomic E-state index is 11.7. The molecular formula is C9H19F3N2O. The zero-order valence-corrected chi connectivity index (χ0v) is 9.10. The fraction of sp³-hybridized carbons (Fsp3) is 1.00. The third-order valence-electron chi connectivity index (χ3n) is 2.38. The van der Waals surface area contributed by atoms with E-state index in [1.807, 2.05) is 13.8 Å². The number of halogens is 3. The molecule has 0 aliphatic carbocycles. The van der Waals surface area contributed by atoms with Crippen molar-refractivity contribution in [3.8, 4) is 0 Å². The highest BCUT2D eigenvalue weighted by Crippen LogP contribution is 2.15. The molecule has 0 spiro atoms. The molecule has 92 valence electrons. The highest BCUT2D eigenvalue weighted by molar-refractivity contribution is 4.69. The van der Waals surface area contributed by atoms with Crippen molar-refractivity contribution in [1.82, 2.24) is 5.43 Å². The number of nitrogens with two attached hydrogens (primary N) is 1. The Labute approximate surface area is 88.1 Å². The van der Waals surface area contributed by atoms with Crippen LogP contribution in [-0.2, 0) is 4.74 Å². The van der Waals surface area contributed by atoms with E-state index in [1.165, 1.54) is 0 Å². The highest BCUT2D eigenvalue weighted by atomic mass is 19.4. The SMILES string of the molecule is CCC(C)C(CCOCC(F)(F)F)NN. The monoisotopic (exact) mass is 228 g/mol. The van der Waals surface area contributed by atoms with Gasteiger partial charge < -0.3 is 4.74 Å². The van der Waals surface area contributed by atoms with Crippen LogP contribution in [0.1, 0.15) is 26.7 Å². The Hall–Kier alpha value is -0.330. The number of ether oxygens (including phenoxy) is 1. The second kappa shape index (κ2) is 7.03. The highest BCUT2D eigenvalue weighted by Gasteiger charge is 2.27. The van der Waals surface area contributed by atoms with E-state index in [4.69, 9.17) is 5.84 Å². The summed E-state index contributed by atoms with van der Waals surface area (Å²) in [6.45, 7) is 2.88. The Kier molecular flexibility index (Phi) is 6.87. The minimum atomic E-state index is -4.25. The molecule has 0 fully saturated rings. The van der Waals surface area contributed by atoms with Crippen LogP contribution in [0.4, 0.5) is 13.2 Å². The number of hydrogen-bond acceptors (Lipinski definition) is 3. The molecule has 2 unspecified atom stereocenters. The van der Waals surface area contributed by atoms with Crippen molar-refractivity contribution in [2.45, 2.75) is 38.9 Å². The molecule has 0 rings (SSSR count). The lowest BCUT2D eigenvalue weighted by atomic mass is 9.97. The molecule has 0 aromatic rings. The molecule has 0 radical (unpaired) electrons. The predicted molar refractivity (Wildman–Crippen MR) is 52.1 cm³/mol. The molecule has 0 heterocycles. The van der Waals surface area contributed by atoms with Gasteiger partial charge in [-0.25, -0.2) is 0 Å². The first-order valence-corrected chi connectivity index (χ1v) is 5.01. The van der Waals surface area contributed by atoms with Crippen LogP contribution in [0.3, 0.4) is 0 Å². The number of alkyl halides is 3. The molecule has 3 nitrogen and oxygen atoms in total. The predicted octanol–water partition coefficient (Wildman–Crippen LogP) is 1.83. The van der Waals surface area contributed by atoms with E-state index < -0.39 is 12.8 Å². The summed E-state index contributed by atoms with van der Waals surface area (Å²) >= 11 is 0. The van der Waals surface area contributed by atoms with Crippen molar-refractivity contribution in [3.05, 3.63) is 0 Å². The van der Waals surface area contributed by atoms with Crippen LogP contribution < -0.4 is 11.3 Å². The molecule has 0 aliphatic rings. The molecule has 0 amide bonds. The molecule has 3 N–H and O–H groups in total. The number of hydrazine groups is 1. The summed E-state index contributed by atoms with van der Waals surface area (Å²) in [4.78, 5) is 0. The van der Waals surface area contributed by atoms with Gasteiger partial charge in [-0.3, -0.25) is 11.3 Å². The number of nitrogens with one attached hydrogen (secondary N) is 1. The van der Waals surface area contributed by atoms with Gasteiger partial charge in [-0.15, -0.1) is 0 Å². The Morgan fingerprint density at radius 2 is 2.00 bits per heavy atom. The van der Waals surface area contributed by atoms with Gasteiger partial charge in [0.25, 0.3) is 0 Å². The van der Waals surface area contributed by atoms with Gasteiger partial charge in [0.15, 0.2) is 0 Å². The standard InChI is InChI=1S/C9H19F3N2O/c1-3-7(2)8(14-13)4-5-15-6-9(10,11)12/h7-8,14H,3-6,13H2,1-2H3. The van der Waals surface area contributed by atoms with Crippen molar-refractivity contribution < 1.29 is 17.9 Å². The Morgan fingerprint density at radius 1 is 1.40 bits per heavy atom. The zero-order valence-electron chi connectivity index (χ0n) is 9.10. The smallest absolute Gasteiger partial charge is 0.372 e. The first-order valence-electron chi connectivity index (χ1n) is 5.01. The molecule has 0 aromatic heterocycles. The van der Waals surface area contributed by atoms with Crippen LogP contribution in [0, 0.1) is 5.92 Å². The fourth-order valence-corrected chi connectivity index (χ4v) is 1.21. The largest absolute Gasteiger partial charge is 0.411 e. The Balaban J connectivity index is 3.64. The van der Waals surface area contributed by atoms with Crippen LogP contribution >= 0.6 is 0 Å². The van der Waals surface area contributed by atoms with Gasteiger partial charge >= 0.3 is 6.18 Å². The average Bonchev–Trinajstić information content (AvgIpc) is 2.15. The second-order valence-corrected chi connectivity index (χ2v) is 3.62. The molecule has 0 saturated carbocycles. The normalized spacial score (nSPS) is 16.4. The first kappa shape index (κ1) is 14.7. The van der Waals surface area contributed by atoms with Gasteiger partial charge in [-0.1, -0.05) is 20.3 Å². The summed E-state index contributed by atoms with van der Waals surface area (Å²) in [5.41, 5.74) is 2.59. The third kappa shape index (κ3) is 7.58. The quantitative estimate of drug-likeness (QED) is 0.397. The van der Waals surface area contributed by atoms with Crippen molar-refractivity contribution in [1.29, 1.82) is 0 Å². The molecular weight excluding hydrogens is 209 g/mol. The van der Waals surface area contributed by atoms with Crippen molar-refractivity contribution in [2.75, 3.05) is 13.2 Å². The molecule has 15 heavy (non-hydrogen) atoms. The summed E-state index contributed by atoms with van der Waals surface area (Å²) in [6.07, 6.45) is -2.84. The van der Waals surface area contributed by atoms with Crippen LogP contribution in [0.2, 0.25) is 0 Å². The Bertz CT molecular complexity index is 164. The van der Waals surface area contributed by atoms with Crippen LogP contribution in [-0.4, -0.2) is 25.4 Å². The van der Waals surface area contributed by atoms with E-state index in [-0.39, 0.29) is 12.6 Å². The number of rotatable bonds is 7. The maximum Gasteiger partial charge on any atom is 0.411 e. The van der Waals surface area contributed by atoms with Gasteiger partial charge in [0, 0.05) is 12.6 Å². The van der Waals surface area contributed by atoms with Crippen molar-refractivity contribution in [3.63, 3.8) is 0 Å². The van der Waals surface area contributed by atoms with Crippen LogP contribution in [0.15, 0.2) is 0 Å². The number of hydrogen-bond donors (Lipinski definition) is 2. The fourth-order valence-electron chi connectivity index (χ4n) is 1.21. The van der Waals surface area contributed by atoms with Crippen molar-refractivity contribution >= 4 is 0 Å². The molecule has 0 aliphatic heterocycles. The average molecular weight is 228 g/mol. The van der Waals surface area contributed by atoms with E-state index in [0.717, 1.165) is 6.42 Å². The molecule has 0 saturated heterocycles. The van der Waals surface area contributed by atoms with Gasteiger partial charge in [0.05, 0.1) is 0 Å². The van der Waals surface area contributed by atoms with Gasteiger partial charge in [-0.05, 0) is 12.3 Å². The minimum absolute atomic E-state index is 0.00299. The second-order valence-electron chi connectivity index (χ2n) is 3.62. The van der Waals surface area contributed by atoms with E-state index in [0.29, 0.717) is 12.3 Å². The summed E-state index contributed by atoms with van der Waals surface area (Å²) in [5.74, 6) is 5.61. The molecule has 2 atom stereocenters. The van der Waals surface area contributed by atoms with E-state index in [1.54, 1.807) is 0 Å².